The maximum absolute atomic E-state index is 13.2. The van der Waals surface area contributed by atoms with Crippen molar-refractivity contribution < 1.29 is 27.5 Å². The Morgan fingerprint density at radius 3 is 2.43 bits per heavy atom. The minimum Gasteiger partial charge on any atom is -0.465 e. The number of methoxy groups -OCH3 is 1. The topological polar surface area (TPSA) is 62.4 Å². The van der Waals surface area contributed by atoms with Crippen molar-refractivity contribution in [3.05, 3.63) is 57.9 Å². The SMILES string of the molecule is CCCc1c(C(=O)N(C)Cc2ccccc2C(F)(F)F)[nH]c(C)c1C(=O)OC. The molecule has 2 rings (SSSR count). The van der Waals surface area contributed by atoms with Crippen molar-refractivity contribution in [2.75, 3.05) is 14.2 Å². The second-order valence-electron chi connectivity index (χ2n) is 6.54. The van der Waals surface area contributed by atoms with Crippen molar-refractivity contribution in [2.24, 2.45) is 0 Å². The number of H-pyrrole nitrogens is 1. The molecule has 0 fully saturated rings. The molecule has 0 saturated carbocycles. The van der Waals surface area contributed by atoms with Crippen LogP contribution in [0.25, 0.3) is 0 Å². The van der Waals surface area contributed by atoms with Gasteiger partial charge in [0, 0.05) is 19.3 Å². The summed E-state index contributed by atoms with van der Waals surface area (Å²) in [4.78, 5) is 29.1. The van der Waals surface area contributed by atoms with Gasteiger partial charge in [-0.1, -0.05) is 31.5 Å². The largest absolute Gasteiger partial charge is 0.465 e. The summed E-state index contributed by atoms with van der Waals surface area (Å²) in [6.07, 6.45) is -3.36. The number of hydrogen-bond acceptors (Lipinski definition) is 3. The molecule has 152 valence electrons. The number of carbonyl (C=O) groups excluding carboxylic acids is 2. The average molecular weight is 396 g/mol. The highest BCUT2D eigenvalue weighted by atomic mass is 19.4. The van der Waals surface area contributed by atoms with Crippen LogP contribution in [0.5, 0.6) is 0 Å². The van der Waals surface area contributed by atoms with E-state index in [1.807, 2.05) is 6.92 Å². The van der Waals surface area contributed by atoms with E-state index in [9.17, 15) is 22.8 Å². The van der Waals surface area contributed by atoms with E-state index in [1.165, 1.54) is 37.3 Å². The molecule has 5 nitrogen and oxygen atoms in total. The number of ether oxygens (including phenoxy) is 1. The number of aryl methyl sites for hydroxylation is 1. The molecule has 8 heteroatoms. The minimum atomic E-state index is -4.51. The molecule has 0 radical (unpaired) electrons. The first kappa shape index (κ1) is 21.5. The maximum atomic E-state index is 13.2. The number of halogens is 3. The summed E-state index contributed by atoms with van der Waals surface area (Å²) in [5.74, 6) is -1.04. The van der Waals surface area contributed by atoms with Gasteiger partial charge in [0.25, 0.3) is 5.91 Å². The zero-order chi connectivity index (χ0) is 21.1. The molecular weight excluding hydrogens is 373 g/mol. The van der Waals surface area contributed by atoms with Gasteiger partial charge in [-0.3, -0.25) is 4.79 Å². The third kappa shape index (κ3) is 4.37. The number of aromatic nitrogens is 1. The second-order valence-corrected chi connectivity index (χ2v) is 6.54. The Hall–Kier alpha value is -2.77. The first-order valence-electron chi connectivity index (χ1n) is 8.82. The Balaban J connectivity index is 2.38. The van der Waals surface area contributed by atoms with Crippen molar-refractivity contribution in [2.45, 2.75) is 39.4 Å². The Labute approximate surface area is 161 Å². The third-order valence-electron chi connectivity index (χ3n) is 4.47. The van der Waals surface area contributed by atoms with Crippen molar-refractivity contribution in [3.8, 4) is 0 Å². The summed E-state index contributed by atoms with van der Waals surface area (Å²) in [6, 6.07) is 5.15. The summed E-state index contributed by atoms with van der Waals surface area (Å²) >= 11 is 0. The smallest absolute Gasteiger partial charge is 0.416 e. The second kappa shape index (κ2) is 8.50. The fourth-order valence-corrected chi connectivity index (χ4v) is 3.19. The molecule has 1 heterocycles. The first-order chi connectivity index (χ1) is 13.1. The summed E-state index contributed by atoms with van der Waals surface area (Å²) in [7, 11) is 2.69. The lowest BCUT2D eigenvalue weighted by atomic mass is 10.0. The van der Waals surface area contributed by atoms with Crippen LogP contribution in [0, 0.1) is 6.92 Å². The van der Waals surface area contributed by atoms with E-state index >= 15 is 0 Å². The first-order valence-corrected chi connectivity index (χ1v) is 8.82. The molecule has 2 aromatic rings. The molecule has 0 atom stereocenters. The number of nitrogens with one attached hydrogen (secondary N) is 1. The van der Waals surface area contributed by atoms with Gasteiger partial charge in [-0.25, -0.2) is 4.79 Å². The molecule has 0 aliphatic carbocycles. The van der Waals surface area contributed by atoms with E-state index in [0.717, 1.165) is 6.07 Å². The normalized spacial score (nSPS) is 11.4. The number of carbonyl (C=O) groups is 2. The van der Waals surface area contributed by atoms with Crippen LogP contribution in [0.3, 0.4) is 0 Å². The number of nitrogens with zero attached hydrogens (tertiary/aromatic N) is 1. The van der Waals surface area contributed by atoms with Gasteiger partial charge in [0.2, 0.25) is 0 Å². The molecule has 0 aliphatic rings. The number of alkyl halides is 3. The highest BCUT2D eigenvalue weighted by Gasteiger charge is 2.34. The van der Waals surface area contributed by atoms with E-state index in [0.29, 0.717) is 29.7 Å². The summed E-state index contributed by atoms with van der Waals surface area (Å²) in [5, 5.41) is 0. The number of esters is 1. The molecule has 0 spiro atoms. The molecule has 0 bridgehead atoms. The lowest BCUT2D eigenvalue weighted by Crippen LogP contribution is -2.28. The van der Waals surface area contributed by atoms with E-state index in [4.69, 9.17) is 4.74 Å². The van der Waals surface area contributed by atoms with E-state index < -0.39 is 23.6 Å². The predicted molar refractivity (Wildman–Crippen MR) is 98.1 cm³/mol. The number of hydrogen-bond donors (Lipinski definition) is 1. The summed E-state index contributed by atoms with van der Waals surface area (Å²) in [5.41, 5.74) is 0.736. The molecule has 1 aromatic heterocycles. The van der Waals surface area contributed by atoms with Gasteiger partial charge in [0.1, 0.15) is 5.69 Å². The number of rotatable bonds is 6. The van der Waals surface area contributed by atoms with Gasteiger partial charge in [0.05, 0.1) is 18.2 Å². The monoisotopic (exact) mass is 396 g/mol. The molecule has 0 aliphatic heterocycles. The summed E-state index contributed by atoms with van der Waals surface area (Å²) < 4.78 is 44.4. The molecule has 1 N–H and O–H groups in total. The van der Waals surface area contributed by atoms with Gasteiger partial charge < -0.3 is 14.6 Å². The summed E-state index contributed by atoms with van der Waals surface area (Å²) in [6.45, 7) is 3.34. The van der Waals surface area contributed by atoms with Crippen LogP contribution < -0.4 is 0 Å². The quantitative estimate of drug-likeness (QED) is 0.739. The zero-order valence-corrected chi connectivity index (χ0v) is 16.2. The van der Waals surface area contributed by atoms with E-state index in [2.05, 4.69) is 4.98 Å². The van der Waals surface area contributed by atoms with Crippen LogP contribution >= 0.6 is 0 Å². The zero-order valence-electron chi connectivity index (χ0n) is 16.2. The maximum Gasteiger partial charge on any atom is 0.416 e. The number of aromatic amines is 1. The van der Waals surface area contributed by atoms with Gasteiger partial charge in [-0.2, -0.15) is 13.2 Å². The highest BCUT2D eigenvalue weighted by Crippen LogP contribution is 2.32. The Bertz CT molecular complexity index is 872. The fraction of sp³-hybridized carbons (Fsp3) is 0.400. The van der Waals surface area contributed by atoms with Crippen LogP contribution in [-0.2, 0) is 23.9 Å². The van der Waals surface area contributed by atoms with Gasteiger partial charge >= 0.3 is 12.1 Å². The fourth-order valence-electron chi connectivity index (χ4n) is 3.19. The van der Waals surface area contributed by atoms with Crippen LogP contribution in [0.4, 0.5) is 13.2 Å². The van der Waals surface area contributed by atoms with Crippen molar-refractivity contribution in [3.63, 3.8) is 0 Å². The lowest BCUT2D eigenvalue weighted by molar-refractivity contribution is -0.138. The van der Waals surface area contributed by atoms with Crippen LogP contribution in [0.2, 0.25) is 0 Å². The molecular formula is C20H23F3N2O3. The van der Waals surface area contributed by atoms with Crippen LogP contribution in [-0.4, -0.2) is 35.9 Å². The third-order valence-corrected chi connectivity index (χ3v) is 4.47. The van der Waals surface area contributed by atoms with Crippen molar-refractivity contribution in [1.82, 2.24) is 9.88 Å². The Morgan fingerprint density at radius 1 is 1.21 bits per heavy atom. The average Bonchev–Trinajstić information content (AvgIpc) is 2.96. The highest BCUT2D eigenvalue weighted by molar-refractivity contribution is 6.00. The van der Waals surface area contributed by atoms with Gasteiger partial charge in [0.15, 0.2) is 0 Å². The predicted octanol–water partition coefficient (Wildman–Crippen LogP) is 4.35. The van der Waals surface area contributed by atoms with Crippen LogP contribution in [0.1, 0.15) is 56.6 Å². The lowest BCUT2D eigenvalue weighted by Gasteiger charge is -2.20. The van der Waals surface area contributed by atoms with E-state index in [-0.39, 0.29) is 17.8 Å². The molecule has 28 heavy (non-hydrogen) atoms. The standard InChI is InChI=1S/C20H23F3N2O3/c1-5-8-14-16(19(27)28-4)12(2)24-17(14)18(26)25(3)11-13-9-6-7-10-15(13)20(21,22)23/h6-7,9-10,24H,5,8,11H2,1-4H3. The van der Waals surface area contributed by atoms with Gasteiger partial charge in [-0.05, 0) is 30.5 Å². The molecule has 1 aromatic carbocycles. The number of benzene rings is 1. The molecule has 0 saturated heterocycles. The van der Waals surface area contributed by atoms with Gasteiger partial charge in [-0.15, -0.1) is 0 Å². The molecule has 0 unspecified atom stereocenters. The number of amides is 1. The Morgan fingerprint density at radius 2 is 1.86 bits per heavy atom. The molecule has 1 amide bonds. The van der Waals surface area contributed by atoms with E-state index in [1.54, 1.807) is 6.92 Å². The minimum absolute atomic E-state index is 0.000592. The van der Waals surface area contributed by atoms with Crippen LogP contribution in [0.15, 0.2) is 24.3 Å². The van der Waals surface area contributed by atoms with Crippen molar-refractivity contribution >= 4 is 11.9 Å². The van der Waals surface area contributed by atoms with Crippen molar-refractivity contribution in [1.29, 1.82) is 0 Å². The Kier molecular flexibility index (Phi) is 6.53.